The van der Waals surface area contributed by atoms with Gasteiger partial charge in [0.1, 0.15) is 0 Å². The molecule has 3 nitrogen and oxygen atoms in total. The molecule has 140 valence electrons. The first-order valence-electron chi connectivity index (χ1n) is 9.50. The average molecular weight is 435 g/mol. The molecule has 1 aliphatic rings. The van der Waals surface area contributed by atoms with Gasteiger partial charge in [0.05, 0.1) is 3.79 Å². The first-order chi connectivity index (χ1) is 12.7. The average Bonchev–Trinajstić information content (AvgIpc) is 3.07. The molecule has 0 unspecified atom stereocenters. The SMILES string of the molecule is O=C(CCCc1ccc(Br)s1)NCc1ccc(CN2CCCCC2)cc1. The van der Waals surface area contributed by atoms with Crippen molar-refractivity contribution in [2.75, 3.05) is 13.1 Å². The van der Waals surface area contributed by atoms with Gasteiger partial charge in [-0.2, -0.15) is 0 Å². The maximum absolute atomic E-state index is 12.0. The van der Waals surface area contributed by atoms with E-state index in [-0.39, 0.29) is 5.91 Å². The van der Waals surface area contributed by atoms with Crippen LogP contribution in [0.2, 0.25) is 0 Å². The van der Waals surface area contributed by atoms with E-state index >= 15 is 0 Å². The summed E-state index contributed by atoms with van der Waals surface area (Å²) in [6, 6.07) is 12.9. The number of nitrogens with one attached hydrogen (secondary N) is 1. The summed E-state index contributed by atoms with van der Waals surface area (Å²) in [6.45, 7) is 4.11. The fourth-order valence-electron chi connectivity index (χ4n) is 3.34. The summed E-state index contributed by atoms with van der Waals surface area (Å²) in [5.74, 6) is 0.137. The van der Waals surface area contributed by atoms with Crippen LogP contribution in [0.15, 0.2) is 40.2 Å². The van der Waals surface area contributed by atoms with Gasteiger partial charge in [-0.3, -0.25) is 9.69 Å². The van der Waals surface area contributed by atoms with Gasteiger partial charge in [-0.25, -0.2) is 0 Å². The van der Waals surface area contributed by atoms with Crippen LogP contribution in [0, 0.1) is 0 Å². The Balaban J connectivity index is 1.35. The molecule has 1 aromatic carbocycles. The summed E-state index contributed by atoms with van der Waals surface area (Å²) >= 11 is 5.22. The molecule has 5 heteroatoms. The van der Waals surface area contributed by atoms with Crippen LogP contribution in [-0.2, 0) is 24.3 Å². The smallest absolute Gasteiger partial charge is 0.220 e. The number of hydrogen-bond acceptors (Lipinski definition) is 3. The third kappa shape index (κ3) is 6.53. The number of hydrogen-bond donors (Lipinski definition) is 1. The first-order valence-corrected chi connectivity index (χ1v) is 11.1. The lowest BCUT2D eigenvalue weighted by molar-refractivity contribution is -0.121. The van der Waals surface area contributed by atoms with Gasteiger partial charge in [0, 0.05) is 24.4 Å². The number of benzene rings is 1. The highest BCUT2D eigenvalue weighted by molar-refractivity contribution is 9.11. The maximum Gasteiger partial charge on any atom is 0.220 e. The molecule has 0 bridgehead atoms. The zero-order chi connectivity index (χ0) is 18.2. The summed E-state index contributed by atoms with van der Waals surface area (Å²) in [4.78, 5) is 15.9. The van der Waals surface area contributed by atoms with Crippen molar-refractivity contribution in [3.8, 4) is 0 Å². The zero-order valence-corrected chi connectivity index (χ0v) is 17.6. The predicted octanol–water partition coefficient (Wildman–Crippen LogP) is 5.14. The number of nitrogens with zero attached hydrogens (tertiary/aromatic N) is 1. The maximum atomic E-state index is 12.0. The Labute approximate surface area is 168 Å². The van der Waals surface area contributed by atoms with Crippen LogP contribution in [0.5, 0.6) is 0 Å². The number of carbonyl (C=O) groups is 1. The van der Waals surface area contributed by atoms with E-state index in [9.17, 15) is 4.79 Å². The van der Waals surface area contributed by atoms with Gasteiger partial charge < -0.3 is 5.32 Å². The molecule has 1 saturated heterocycles. The number of piperidine rings is 1. The molecular formula is C21H27BrN2OS. The molecule has 0 spiro atoms. The van der Waals surface area contributed by atoms with Gasteiger partial charge >= 0.3 is 0 Å². The van der Waals surface area contributed by atoms with E-state index in [0.717, 1.165) is 23.2 Å². The highest BCUT2D eigenvalue weighted by Crippen LogP contribution is 2.23. The third-order valence-electron chi connectivity index (χ3n) is 4.82. The van der Waals surface area contributed by atoms with Gasteiger partial charge in [0.2, 0.25) is 5.91 Å². The molecule has 2 heterocycles. The molecular weight excluding hydrogens is 408 g/mol. The second-order valence-electron chi connectivity index (χ2n) is 6.99. The Hall–Kier alpha value is -1.17. The van der Waals surface area contributed by atoms with Crippen LogP contribution in [0.4, 0.5) is 0 Å². The molecule has 3 rings (SSSR count). The molecule has 1 aromatic heterocycles. The van der Waals surface area contributed by atoms with E-state index in [1.165, 1.54) is 48.4 Å². The highest BCUT2D eigenvalue weighted by Gasteiger charge is 2.10. The van der Waals surface area contributed by atoms with E-state index in [1.54, 1.807) is 11.3 Å². The Kier molecular flexibility index (Phi) is 7.71. The highest BCUT2D eigenvalue weighted by atomic mass is 79.9. The Morgan fingerprint density at radius 3 is 2.46 bits per heavy atom. The van der Waals surface area contributed by atoms with Crippen LogP contribution in [-0.4, -0.2) is 23.9 Å². The molecule has 0 atom stereocenters. The first kappa shape index (κ1) is 19.6. The Bertz CT molecular complexity index is 692. The third-order valence-corrected chi connectivity index (χ3v) is 6.51. The van der Waals surface area contributed by atoms with Gasteiger partial charge in [-0.1, -0.05) is 30.7 Å². The Morgan fingerprint density at radius 2 is 1.77 bits per heavy atom. The zero-order valence-electron chi connectivity index (χ0n) is 15.2. The molecule has 1 amide bonds. The van der Waals surface area contributed by atoms with Crippen molar-refractivity contribution in [2.45, 2.75) is 51.6 Å². The number of thiophene rings is 1. The van der Waals surface area contributed by atoms with Crippen molar-refractivity contribution in [3.63, 3.8) is 0 Å². The van der Waals surface area contributed by atoms with Crippen molar-refractivity contribution in [1.29, 1.82) is 0 Å². The van der Waals surface area contributed by atoms with Crippen molar-refractivity contribution < 1.29 is 4.79 Å². The fraction of sp³-hybridized carbons (Fsp3) is 0.476. The standard InChI is InChI=1S/C21H27BrN2OS/c22-20-12-11-19(26-20)5-4-6-21(25)23-15-17-7-9-18(10-8-17)16-24-13-2-1-3-14-24/h7-12H,1-6,13-16H2,(H,23,25). The molecule has 1 fully saturated rings. The lowest BCUT2D eigenvalue weighted by Gasteiger charge is -2.26. The summed E-state index contributed by atoms with van der Waals surface area (Å²) < 4.78 is 1.15. The number of amides is 1. The monoisotopic (exact) mass is 434 g/mol. The normalized spacial score (nSPS) is 15.1. The number of aryl methyl sites for hydroxylation is 1. The molecule has 0 radical (unpaired) electrons. The van der Waals surface area contributed by atoms with Crippen molar-refractivity contribution in [1.82, 2.24) is 10.2 Å². The molecule has 1 aliphatic heterocycles. The molecule has 2 aromatic rings. The van der Waals surface area contributed by atoms with E-state index in [2.05, 4.69) is 62.5 Å². The van der Waals surface area contributed by atoms with Crippen LogP contribution in [0.25, 0.3) is 0 Å². The van der Waals surface area contributed by atoms with Crippen LogP contribution in [0.3, 0.4) is 0 Å². The van der Waals surface area contributed by atoms with Crippen molar-refractivity contribution in [2.24, 2.45) is 0 Å². The topological polar surface area (TPSA) is 32.3 Å². The fourth-order valence-corrected chi connectivity index (χ4v) is 4.86. The van der Waals surface area contributed by atoms with Gasteiger partial charge in [-0.05, 0) is 78.0 Å². The van der Waals surface area contributed by atoms with Crippen LogP contribution < -0.4 is 5.32 Å². The van der Waals surface area contributed by atoms with Crippen LogP contribution in [0.1, 0.15) is 48.1 Å². The number of rotatable bonds is 8. The van der Waals surface area contributed by atoms with Crippen molar-refractivity contribution >= 4 is 33.2 Å². The summed E-state index contributed by atoms with van der Waals surface area (Å²) in [5, 5.41) is 3.04. The number of carbonyl (C=O) groups excluding carboxylic acids is 1. The quantitative estimate of drug-likeness (QED) is 0.623. The number of halogens is 1. The summed E-state index contributed by atoms with van der Waals surface area (Å²) in [6.07, 6.45) is 6.48. The molecule has 1 N–H and O–H groups in total. The lowest BCUT2D eigenvalue weighted by atomic mass is 10.1. The van der Waals surface area contributed by atoms with Gasteiger partial charge in [-0.15, -0.1) is 11.3 Å². The van der Waals surface area contributed by atoms with Gasteiger partial charge in [0.25, 0.3) is 0 Å². The molecule has 26 heavy (non-hydrogen) atoms. The van der Waals surface area contributed by atoms with E-state index in [0.29, 0.717) is 13.0 Å². The largest absolute Gasteiger partial charge is 0.352 e. The molecule has 0 saturated carbocycles. The van der Waals surface area contributed by atoms with Crippen LogP contribution >= 0.6 is 27.3 Å². The second kappa shape index (κ2) is 10.2. The van der Waals surface area contributed by atoms with Gasteiger partial charge in [0.15, 0.2) is 0 Å². The Morgan fingerprint density at radius 1 is 1.04 bits per heavy atom. The minimum absolute atomic E-state index is 0.137. The van der Waals surface area contributed by atoms with E-state index in [1.807, 2.05) is 0 Å². The minimum Gasteiger partial charge on any atom is -0.352 e. The summed E-state index contributed by atoms with van der Waals surface area (Å²) in [7, 11) is 0. The van der Waals surface area contributed by atoms with E-state index in [4.69, 9.17) is 0 Å². The minimum atomic E-state index is 0.137. The number of likely N-dealkylation sites (tertiary alicyclic amines) is 1. The van der Waals surface area contributed by atoms with Crippen molar-refractivity contribution in [3.05, 3.63) is 56.2 Å². The lowest BCUT2D eigenvalue weighted by Crippen LogP contribution is -2.29. The van der Waals surface area contributed by atoms with E-state index < -0.39 is 0 Å². The molecule has 0 aliphatic carbocycles. The predicted molar refractivity (Wildman–Crippen MR) is 112 cm³/mol. The second-order valence-corrected chi connectivity index (χ2v) is 9.54. The summed E-state index contributed by atoms with van der Waals surface area (Å²) in [5.41, 5.74) is 2.53.